The Balaban J connectivity index is 2.24. The first kappa shape index (κ1) is 11.6. The van der Waals surface area contributed by atoms with Gasteiger partial charge in [-0.05, 0) is 42.1 Å². The Labute approximate surface area is 102 Å². The molecule has 1 aromatic heterocycles. The molecule has 1 heterocycles. The van der Waals surface area contributed by atoms with Crippen LogP contribution in [0.5, 0.6) is 0 Å². The second kappa shape index (κ2) is 4.55. The Hall–Kier alpha value is -1.88. The van der Waals surface area contributed by atoms with Crippen LogP contribution in [0.25, 0.3) is 0 Å². The van der Waals surface area contributed by atoms with Gasteiger partial charge in [0, 0.05) is 0 Å². The second-order valence-electron chi connectivity index (χ2n) is 3.62. The number of benzene rings is 1. The van der Waals surface area contributed by atoms with Gasteiger partial charge >= 0.3 is 0 Å². The maximum Gasteiger partial charge on any atom is 0.266 e. The van der Waals surface area contributed by atoms with Crippen LogP contribution in [-0.4, -0.2) is 5.91 Å². The summed E-state index contributed by atoms with van der Waals surface area (Å²) in [6, 6.07) is 5.73. The third-order valence-corrected chi connectivity index (χ3v) is 3.35. The van der Waals surface area contributed by atoms with Crippen molar-refractivity contribution in [3.8, 4) is 0 Å². The maximum absolute atomic E-state index is 13.0. The number of aryl methyl sites for hydroxylation is 1. The van der Waals surface area contributed by atoms with Gasteiger partial charge in [-0.2, -0.15) is 0 Å². The SMILES string of the molecule is Cc1ccsc1C(=O)Nc1cc(F)ccc1N. The molecule has 0 aliphatic rings. The highest BCUT2D eigenvalue weighted by Gasteiger charge is 2.12. The van der Waals surface area contributed by atoms with Crippen LogP contribution in [0.1, 0.15) is 15.2 Å². The highest BCUT2D eigenvalue weighted by atomic mass is 32.1. The summed E-state index contributed by atoms with van der Waals surface area (Å²) in [7, 11) is 0. The van der Waals surface area contributed by atoms with Crippen LogP contribution in [0, 0.1) is 12.7 Å². The number of carbonyl (C=O) groups is 1. The fraction of sp³-hybridized carbons (Fsp3) is 0.0833. The van der Waals surface area contributed by atoms with Crippen LogP contribution in [-0.2, 0) is 0 Å². The first-order valence-electron chi connectivity index (χ1n) is 4.98. The van der Waals surface area contributed by atoms with Crippen LogP contribution < -0.4 is 11.1 Å². The van der Waals surface area contributed by atoms with Crippen molar-refractivity contribution in [2.75, 3.05) is 11.1 Å². The normalized spacial score (nSPS) is 10.2. The lowest BCUT2D eigenvalue weighted by molar-refractivity contribution is 0.103. The van der Waals surface area contributed by atoms with Crippen molar-refractivity contribution in [2.45, 2.75) is 6.92 Å². The van der Waals surface area contributed by atoms with E-state index in [9.17, 15) is 9.18 Å². The molecule has 0 atom stereocenters. The van der Waals surface area contributed by atoms with Gasteiger partial charge in [-0.15, -0.1) is 11.3 Å². The fourth-order valence-electron chi connectivity index (χ4n) is 1.42. The van der Waals surface area contributed by atoms with Gasteiger partial charge in [0.25, 0.3) is 5.91 Å². The first-order valence-corrected chi connectivity index (χ1v) is 5.86. The van der Waals surface area contributed by atoms with Gasteiger partial charge in [0.05, 0.1) is 16.3 Å². The molecule has 88 valence electrons. The number of nitrogens with one attached hydrogen (secondary N) is 1. The van der Waals surface area contributed by atoms with E-state index in [0.29, 0.717) is 16.3 Å². The summed E-state index contributed by atoms with van der Waals surface area (Å²) in [5.74, 6) is -0.702. The molecule has 17 heavy (non-hydrogen) atoms. The van der Waals surface area contributed by atoms with E-state index in [0.717, 1.165) is 5.56 Å². The molecule has 0 saturated carbocycles. The number of halogens is 1. The van der Waals surface area contributed by atoms with Gasteiger partial charge in [-0.3, -0.25) is 4.79 Å². The predicted octanol–water partition coefficient (Wildman–Crippen LogP) is 3.03. The Morgan fingerprint density at radius 1 is 1.41 bits per heavy atom. The lowest BCUT2D eigenvalue weighted by Crippen LogP contribution is -2.12. The Morgan fingerprint density at radius 2 is 2.18 bits per heavy atom. The van der Waals surface area contributed by atoms with Crippen LogP contribution in [0.2, 0.25) is 0 Å². The van der Waals surface area contributed by atoms with E-state index in [1.54, 1.807) is 0 Å². The third kappa shape index (κ3) is 2.45. The molecule has 0 spiro atoms. The minimum absolute atomic E-state index is 0.269. The molecule has 0 aliphatic heterocycles. The van der Waals surface area contributed by atoms with Crippen molar-refractivity contribution in [2.24, 2.45) is 0 Å². The van der Waals surface area contributed by atoms with Gasteiger partial charge in [-0.25, -0.2) is 4.39 Å². The molecule has 3 N–H and O–H groups in total. The molecular formula is C12H11FN2OS. The van der Waals surface area contributed by atoms with Crippen LogP contribution in [0.3, 0.4) is 0 Å². The number of amides is 1. The zero-order valence-electron chi connectivity index (χ0n) is 9.16. The summed E-state index contributed by atoms with van der Waals surface area (Å²) < 4.78 is 13.0. The molecule has 0 saturated heterocycles. The minimum atomic E-state index is -0.433. The Morgan fingerprint density at radius 3 is 2.82 bits per heavy atom. The third-order valence-electron chi connectivity index (χ3n) is 2.33. The molecule has 5 heteroatoms. The number of nitrogens with two attached hydrogens (primary N) is 1. The minimum Gasteiger partial charge on any atom is -0.397 e. The second-order valence-corrected chi connectivity index (χ2v) is 4.53. The van der Waals surface area contributed by atoms with Crippen molar-refractivity contribution in [3.63, 3.8) is 0 Å². The highest BCUT2D eigenvalue weighted by Crippen LogP contribution is 2.22. The lowest BCUT2D eigenvalue weighted by atomic mass is 10.2. The summed E-state index contributed by atoms with van der Waals surface area (Å²) >= 11 is 1.34. The molecule has 3 nitrogen and oxygen atoms in total. The Bertz CT molecular complexity index is 565. The summed E-state index contributed by atoms with van der Waals surface area (Å²) in [5.41, 5.74) is 7.18. The summed E-state index contributed by atoms with van der Waals surface area (Å²) in [6.07, 6.45) is 0. The van der Waals surface area contributed by atoms with Crippen LogP contribution >= 0.6 is 11.3 Å². The molecular weight excluding hydrogens is 239 g/mol. The standard InChI is InChI=1S/C12H11FN2OS/c1-7-4-5-17-11(7)12(16)15-10-6-8(13)2-3-9(10)14/h2-6H,14H2,1H3,(H,15,16). The van der Waals surface area contributed by atoms with Crippen molar-refractivity contribution in [1.82, 2.24) is 0 Å². The maximum atomic E-state index is 13.0. The van der Waals surface area contributed by atoms with E-state index in [-0.39, 0.29) is 5.91 Å². The number of hydrogen-bond donors (Lipinski definition) is 2. The van der Waals surface area contributed by atoms with Gasteiger partial charge in [0.15, 0.2) is 0 Å². The van der Waals surface area contributed by atoms with Crippen LogP contribution in [0.15, 0.2) is 29.6 Å². The number of rotatable bonds is 2. The number of nitrogen functional groups attached to an aromatic ring is 1. The predicted molar refractivity (Wildman–Crippen MR) is 67.8 cm³/mol. The fourth-order valence-corrected chi connectivity index (χ4v) is 2.24. The molecule has 2 rings (SSSR count). The van der Waals surface area contributed by atoms with Gasteiger partial charge in [0.1, 0.15) is 5.82 Å². The smallest absolute Gasteiger partial charge is 0.266 e. The number of thiophene rings is 1. The summed E-state index contributed by atoms with van der Waals surface area (Å²) in [4.78, 5) is 12.5. The van der Waals surface area contributed by atoms with E-state index >= 15 is 0 Å². The lowest BCUT2D eigenvalue weighted by Gasteiger charge is -2.07. The Kier molecular flexibility index (Phi) is 3.10. The van der Waals surface area contributed by atoms with E-state index < -0.39 is 5.82 Å². The molecule has 0 bridgehead atoms. The molecule has 1 amide bonds. The number of anilines is 2. The van der Waals surface area contributed by atoms with Crippen molar-refractivity contribution < 1.29 is 9.18 Å². The van der Waals surface area contributed by atoms with E-state index in [1.807, 2.05) is 18.4 Å². The van der Waals surface area contributed by atoms with Gasteiger partial charge < -0.3 is 11.1 Å². The average Bonchev–Trinajstić information content (AvgIpc) is 2.70. The van der Waals surface area contributed by atoms with E-state index in [1.165, 1.54) is 29.5 Å². The monoisotopic (exact) mass is 250 g/mol. The summed E-state index contributed by atoms with van der Waals surface area (Å²) in [5, 5.41) is 4.43. The quantitative estimate of drug-likeness (QED) is 0.805. The molecule has 1 aromatic carbocycles. The zero-order valence-corrected chi connectivity index (χ0v) is 9.98. The van der Waals surface area contributed by atoms with E-state index in [4.69, 9.17) is 5.73 Å². The number of hydrogen-bond acceptors (Lipinski definition) is 3. The van der Waals surface area contributed by atoms with Crippen molar-refractivity contribution in [1.29, 1.82) is 0 Å². The van der Waals surface area contributed by atoms with Gasteiger partial charge in [-0.1, -0.05) is 0 Å². The van der Waals surface area contributed by atoms with E-state index in [2.05, 4.69) is 5.32 Å². The number of carbonyl (C=O) groups excluding carboxylic acids is 1. The topological polar surface area (TPSA) is 55.1 Å². The molecule has 0 radical (unpaired) electrons. The molecule has 0 unspecified atom stereocenters. The first-order chi connectivity index (χ1) is 8.08. The highest BCUT2D eigenvalue weighted by molar-refractivity contribution is 7.12. The molecule has 2 aromatic rings. The molecule has 0 fully saturated rings. The van der Waals surface area contributed by atoms with Crippen LogP contribution in [0.4, 0.5) is 15.8 Å². The zero-order chi connectivity index (χ0) is 12.4. The van der Waals surface area contributed by atoms with Crippen molar-refractivity contribution in [3.05, 3.63) is 45.9 Å². The van der Waals surface area contributed by atoms with Gasteiger partial charge in [0.2, 0.25) is 0 Å². The average molecular weight is 250 g/mol. The summed E-state index contributed by atoms with van der Waals surface area (Å²) in [6.45, 7) is 1.85. The molecule has 0 aliphatic carbocycles. The largest absolute Gasteiger partial charge is 0.397 e. The van der Waals surface area contributed by atoms with Crippen molar-refractivity contribution >= 4 is 28.6 Å².